The minimum absolute atomic E-state index is 0.0521. The van der Waals surface area contributed by atoms with Gasteiger partial charge in [0.1, 0.15) is 0 Å². The van der Waals surface area contributed by atoms with Gasteiger partial charge in [-0.05, 0) is 13.3 Å². The molecule has 1 N–H and O–H groups in total. The first-order chi connectivity index (χ1) is 8.72. The van der Waals surface area contributed by atoms with E-state index in [1.165, 1.54) is 0 Å². The van der Waals surface area contributed by atoms with Gasteiger partial charge in [0.25, 0.3) is 0 Å². The van der Waals surface area contributed by atoms with Crippen molar-refractivity contribution >= 4 is 0 Å². The molecule has 6 nitrogen and oxygen atoms in total. The molecule has 0 spiro atoms. The van der Waals surface area contributed by atoms with Gasteiger partial charge in [-0.15, -0.1) is 0 Å². The number of hydrogen-bond acceptors (Lipinski definition) is 6. The number of aryl methyl sites for hydroxylation is 1. The van der Waals surface area contributed by atoms with Crippen LogP contribution < -0.4 is 0 Å². The number of aliphatic hydroxyl groups is 1. The predicted molar refractivity (Wildman–Crippen MR) is 65.0 cm³/mol. The summed E-state index contributed by atoms with van der Waals surface area (Å²) in [6.45, 7) is 6.21. The van der Waals surface area contributed by atoms with Crippen LogP contribution in [0.15, 0.2) is 4.52 Å². The normalized spacial score (nSPS) is 25.5. The smallest absolute Gasteiger partial charge is 0.226 e. The molecule has 0 aliphatic carbocycles. The van der Waals surface area contributed by atoms with E-state index >= 15 is 0 Å². The number of morpholine rings is 1. The summed E-state index contributed by atoms with van der Waals surface area (Å²) in [7, 11) is 0. The number of aliphatic hydroxyl groups excluding tert-OH is 1. The SMILES string of the molecule is CCCc1nc(CN2CC(CO)OCC2C)no1. The maximum Gasteiger partial charge on any atom is 0.226 e. The van der Waals surface area contributed by atoms with Crippen LogP contribution in [0.4, 0.5) is 0 Å². The maximum atomic E-state index is 9.13. The van der Waals surface area contributed by atoms with Crippen molar-refractivity contribution in [2.75, 3.05) is 19.8 Å². The number of nitrogens with zero attached hydrogens (tertiary/aromatic N) is 3. The number of ether oxygens (including phenoxy) is 1. The molecule has 2 unspecified atom stereocenters. The van der Waals surface area contributed by atoms with Crippen LogP contribution in [0.25, 0.3) is 0 Å². The lowest BCUT2D eigenvalue weighted by Crippen LogP contribution is -2.49. The topological polar surface area (TPSA) is 71.6 Å². The van der Waals surface area contributed by atoms with Gasteiger partial charge in [-0.2, -0.15) is 4.98 Å². The molecular formula is C12H21N3O3. The molecule has 2 rings (SSSR count). The van der Waals surface area contributed by atoms with Crippen molar-refractivity contribution in [1.82, 2.24) is 15.0 Å². The Hall–Kier alpha value is -0.980. The Bertz CT molecular complexity index is 369. The van der Waals surface area contributed by atoms with Gasteiger partial charge in [-0.25, -0.2) is 0 Å². The molecule has 0 amide bonds. The second kappa shape index (κ2) is 6.26. The highest BCUT2D eigenvalue weighted by atomic mass is 16.5. The summed E-state index contributed by atoms with van der Waals surface area (Å²) in [4.78, 5) is 6.57. The van der Waals surface area contributed by atoms with Crippen LogP contribution in [-0.2, 0) is 17.7 Å². The standard InChI is InChI=1S/C12H21N3O3/c1-3-4-12-13-11(14-18-12)6-15-5-10(7-16)17-8-9(15)2/h9-10,16H,3-8H2,1-2H3. The summed E-state index contributed by atoms with van der Waals surface area (Å²) < 4.78 is 10.7. The first-order valence-electron chi connectivity index (χ1n) is 6.51. The van der Waals surface area contributed by atoms with E-state index in [0.29, 0.717) is 37.5 Å². The molecular weight excluding hydrogens is 234 g/mol. The summed E-state index contributed by atoms with van der Waals surface area (Å²) in [5.74, 6) is 1.41. The number of rotatable bonds is 5. The van der Waals surface area contributed by atoms with Crippen molar-refractivity contribution in [3.63, 3.8) is 0 Å². The molecule has 0 bridgehead atoms. The third-order valence-corrected chi connectivity index (χ3v) is 3.16. The van der Waals surface area contributed by atoms with Crippen LogP contribution in [0, 0.1) is 0 Å². The monoisotopic (exact) mass is 255 g/mol. The fraction of sp³-hybridized carbons (Fsp3) is 0.833. The number of aromatic nitrogens is 2. The average Bonchev–Trinajstić information content (AvgIpc) is 2.80. The molecule has 0 radical (unpaired) electrons. The molecule has 1 aromatic rings. The Labute approximate surface area is 107 Å². The van der Waals surface area contributed by atoms with E-state index in [0.717, 1.165) is 12.8 Å². The predicted octanol–water partition coefficient (Wildman–Crippen LogP) is 0.604. The van der Waals surface area contributed by atoms with Gasteiger partial charge in [-0.1, -0.05) is 12.1 Å². The van der Waals surface area contributed by atoms with Gasteiger partial charge in [0.2, 0.25) is 5.89 Å². The average molecular weight is 255 g/mol. The second-order valence-electron chi connectivity index (χ2n) is 4.77. The Morgan fingerprint density at radius 2 is 2.33 bits per heavy atom. The Kier molecular flexibility index (Phi) is 4.68. The van der Waals surface area contributed by atoms with Crippen LogP contribution in [-0.4, -0.2) is 52.1 Å². The largest absolute Gasteiger partial charge is 0.394 e. The van der Waals surface area contributed by atoms with Gasteiger partial charge >= 0.3 is 0 Å². The van der Waals surface area contributed by atoms with Gasteiger partial charge < -0.3 is 14.4 Å². The zero-order chi connectivity index (χ0) is 13.0. The van der Waals surface area contributed by atoms with Gasteiger partial charge in [0.15, 0.2) is 5.82 Å². The molecule has 6 heteroatoms. The molecule has 102 valence electrons. The minimum atomic E-state index is -0.108. The third-order valence-electron chi connectivity index (χ3n) is 3.16. The molecule has 0 saturated carbocycles. The van der Waals surface area contributed by atoms with Crippen LogP contribution >= 0.6 is 0 Å². The molecule has 2 heterocycles. The molecule has 0 aromatic carbocycles. The third kappa shape index (κ3) is 3.28. The van der Waals surface area contributed by atoms with Crippen molar-refractivity contribution in [2.24, 2.45) is 0 Å². The molecule has 1 aliphatic heterocycles. The van der Waals surface area contributed by atoms with Crippen LogP contribution in [0.5, 0.6) is 0 Å². The molecule has 1 aliphatic rings. The van der Waals surface area contributed by atoms with Crippen LogP contribution in [0.1, 0.15) is 32.0 Å². The first kappa shape index (κ1) is 13.5. The highest BCUT2D eigenvalue weighted by molar-refractivity contribution is 4.89. The lowest BCUT2D eigenvalue weighted by Gasteiger charge is -2.36. The summed E-state index contributed by atoms with van der Waals surface area (Å²) >= 11 is 0. The zero-order valence-corrected chi connectivity index (χ0v) is 11.0. The van der Waals surface area contributed by atoms with E-state index in [2.05, 4.69) is 28.9 Å². The lowest BCUT2D eigenvalue weighted by atomic mass is 10.2. The maximum absolute atomic E-state index is 9.13. The first-order valence-corrected chi connectivity index (χ1v) is 6.51. The zero-order valence-electron chi connectivity index (χ0n) is 11.0. The van der Waals surface area contributed by atoms with E-state index in [9.17, 15) is 0 Å². The molecule has 1 aromatic heterocycles. The van der Waals surface area contributed by atoms with Gasteiger partial charge in [0.05, 0.1) is 25.9 Å². The summed E-state index contributed by atoms with van der Waals surface area (Å²) in [5.41, 5.74) is 0. The highest BCUT2D eigenvalue weighted by Gasteiger charge is 2.26. The second-order valence-corrected chi connectivity index (χ2v) is 4.77. The quantitative estimate of drug-likeness (QED) is 0.831. The Balaban J connectivity index is 1.93. The molecule has 1 saturated heterocycles. The van der Waals surface area contributed by atoms with Gasteiger partial charge in [0, 0.05) is 19.0 Å². The fourth-order valence-electron chi connectivity index (χ4n) is 2.06. The van der Waals surface area contributed by atoms with Gasteiger partial charge in [-0.3, -0.25) is 4.90 Å². The van der Waals surface area contributed by atoms with Crippen molar-refractivity contribution in [1.29, 1.82) is 0 Å². The molecule has 1 fully saturated rings. The summed E-state index contributed by atoms with van der Waals surface area (Å²) in [6, 6.07) is 0.306. The van der Waals surface area contributed by atoms with Crippen molar-refractivity contribution in [2.45, 2.75) is 45.4 Å². The van der Waals surface area contributed by atoms with E-state index in [1.807, 2.05) is 0 Å². The number of hydrogen-bond donors (Lipinski definition) is 1. The van der Waals surface area contributed by atoms with E-state index < -0.39 is 0 Å². The summed E-state index contributed by atoms with van der Waals surface area (Å²) in [6.07, 6.45) is 1.72. The molecule has 2 atom stereocenters. The summed E-state index contributed by atoms with van der Waals surface area (Å²) in [5, 5.41) is 13.1. The Morgan fingerprint density at radius 3 is 3.06 bits per heavy atom. The van der Waals surface area contributed by atoms with E-state index in [4.69, 9.17) is 14.4 Å². The fourth-order valence-corrected chi connectivity index (χ4v) is 2.06. The van der Waals surface area contributed by atoms with Crippen LogP contribution in [0.3, 0.4) is 0 Å². The van der Waals surface area contributed by atoms with Crippen molar-refractivity contribution < 1.29 is 14.4 Å². The molecule has 18 heavy (non-hydrogen) atoms. The lowest BCUT2D eigenvalue weighted by molar-refractivity contribution is -0.0813. The Morgan fingerprint density at radius 1 is 1.50 bits per heavy atom. The van der Waals surface area contributed by atoms with Crippen molar-refractivity contribution in [3.8, 4) is 0 Å². The highest BCUT2D eigenvalue weighted by Crippen LogP contribution is 2.14. The van der Waals surface area contributed by atoms with Crippen molar-refractivity contribution in [3.05, 3.63) is 11.7 Å². The minimum Gasteiger partial charge on any atom is -0.394 e. The van der Waals surface area contributed by atoms with Crippen LogP contribution in [0.2, 0.25) is 0 Å². The van der Waals surface area contributed by atoms with E-state index in [-0.39, 0.29) is 12.7 Å². The van der Waals surface area contributed by atoms with E-state index in [1.54, 1.807) is 0 Å².